The molecule has 2 rings (SSSR count). The first kappa shape index (κ1) is 12.8. The van der Waals surface area contributed by atoms with Crippen LogP contribution in [0.2, 0.25) is 0 Å². The van der Waals surface area contributed by atoms with Crippen molar-refractivity contribution in [2.75, 3.05) is 6.61 Å². The van der Waals surface area contributed by atoms with Crippen molar-refractivity contribution in [3.8, 4) is 0 Å². The highest BCUT2D eigenvalue weighted by Gasteiger charge is 2.45. The molecule has 2 aliphatic rings. The van der Waals surface area contributed by atoms with E-state index < -0.39 is 0 Å². The molecule has 2 saturated heterocycles. The van der Waals surface area contributed by atoms with Crippen LogP contribution in [-0.4, -0.2) is 41.8 Å². The van der Waals surface area contributed by atoms with Gasteiger partial charge >= 0.3 is 0 Å². The smallest absolute Gasteiger partial charge is 0.241 e. The molecule has 1 amide bonds. The van der Waals surface area contributed by atoms with E-state index in [1.165, 1.54) is 0 Å². The predicted molar refractivity (Wildman–Crippen MR) is 66.5 cm³/mol. The number of carbonyl (C=O) groups excluding carboxylic acids is 1. The van der Waals surface area contributed by atoms with Crippen LogP contribution < -0.4 is 5.32 Å². The van der Waals surface area contributed by atoms with Crippen LogP contribution in [0.25, 0.3) is 0 Å². The van der Waals surface area contributed by atoms with Gasteiger partial charge < -0.3 is 9.64 Å². The molecule has 4 nitrogen and oxygen atoms in total. The van der Waals surface area contributed by atoms with E-state index in [1.807, 2.05) is 0 Å². The van der Waals surface area contributed by atoms with Crippen LogP contribution in [0.3, 0.4) is 0 Å². The van der Waals surface area contributed by atoms with Gasteiger partial charge in [0, 0.05) is 6.61 Å². The summed E-state index contributed by atoms with van der Waals surface area (Å²) in [6.45, 7) is 9.23. The number of amides is 1. The molecular formula is C13H24N2O2. The van der Waals surface area contributed by atoms with E-state index in [-0.39, 0.29) is 30.3 Å². The summed E-state index contributed by atoms with van der Waals surface area (Å²) in [6, 6.07) is 0.245. The molecule has 2 fully saturated rings. The molecule has 0 bridgehead atoms. The lowest BCUT2D eigenvalue weighted by Gasteiger charge is -2.33. The lowest BCUT2D eigenvalue weighted by atomic mass is 10.1. The van der Waals surface area contributed by atoms with Crippen LogP contribution in [0.1, 0.15) is 40.5 Å². The van der Waals surface area contributed by atoms with Gasteiger partial charge in [-0.1, -0.05) is 20.8 Å². The molecule has 2 aliphatic heterocycles. The minimum absolute atomic E-state index is 0.00444. The largest absolute Gasteiger partial charge is 0.376 e. The van der Waals surface area contributed by atoms with Crippen molar-refractivity contribution in [2.45, 2.75) is 64.9 Å². The van der Waals surface area contributed by atoms with E-state index in [0.717, 1.165) is 19.4 Å². The third-order valence-electron chi connectivity index (χ3n) is 3.96. The van der Waals surface area contributed by atoms with Gasteiger partial charge in [-0.3, -0.25) is 10.1 Å². The molecule has 2 heterocycles. The van der Waals surface area contributed by atoms with Gasteiger partial charge in [0.05, 0.1) is 24.4 Å². The molecule has 98 valence electrons. The molecule has 0 radical (unpaired) electrons. The Balaban J connectivity index is 2.19. The Bertz CT molecular complexity index is 293. The van der Waals surface area contributed by atoms with Crippen LogP contribution in [0.4, 0.5) is 0 Å². The van der Waals surface area contributed by atoms with Gasteiger partial charge in [-0.15, -0.1) is 0 Å². The summed E-state index contributed by atoms with van der Waals surface area (Å²) < 4.78 is 5.60. The minimum Gasteiger partial charge on any atom is -0.376 e. The highest BCUT2D eigenvalue weighted by molar-refractivity contribution is 5.84. The first-order valence-corrected chi connectivity index (χ1v) is 6.76. The van der Waals surface area contributed by atoms with Crippen LogP contribution in [-0.2, 0) is 9.53 Å². The van der Waals surface area contributed by atoms with Gasteiger partial charge in [0.25, 0.3) is 0 Å². The lowest BCUT2D eigenvalue weighted by Crippen LogP contribution is -2.49. The first-order chi connectivity index (χ1) is 8.06. The van der Waals surface area contributed by atoms with Gasteiger partial charge in [-0.05, 0) is 25.7 Å². The Hall–Kier alpha value is -0.610. The van der Waals surface area contributed by atoms with Crippen molar-refractivity contribution in [2.24, 2.45) is 5.92 Å². The number of ether oxygens (including phenoxy) is 1. The van der Waals surface area contributed by atoms with Crippen LogP contribution in [0.15, 0.2) is 0 Å². The highest BCUT2D eigenvalue weighted by Crippen LogP contribution is 2.28. The Labute approximate surface area is 104 Å². The molecule has 0 aromatic heterocycles. The van der Waals surface area contributed by atoms with E-state index in [4.69, 9.17) is 4.74 Å². The van der Waals surface area contributed by atoms with E-state index in [1.54, 1.807) is 0 Å². The summed E-state index contributed by atoms with van der Waals surface area (Å²) in [5, 5.41) is 3.46. The van der Waals surface area contributed by atoms with Crippen LogP contribution >= 0.6 is 0 Å². The molecule has 0 saturated carbocycles. The standard InChI is InChI=1S/C13H24N2O2/c1-5-10-13(16)15(12(14-10)8(2)3)11-6-7-17-9(11)4/h8-12,14H,5-7H2,1-4H3. The van der Waals surface area contributed by atoms with Gasteiger partial charge in [-0.2, -0.15) is 0 Å². The second-order valence-corrected chi connectivity index (χ2v) is 5.49. The molecule has 17 heavy (non-hydrogen) atoms. The molecule has 4 unspecified atom stereocenters. The number of hydrogen-bond acceptors (Lipinski definition) is 3. The Morgan fingerprint density at radius 3 is 2.71 bits per heavy atom. The average Bonchev–Trinajstić information content (AvgIpc) is 2.82. The van der Waals surface area contributed by atoms with Crippen molar-refractivity contribution in [3.05, 3.63) is 0 Å². The zero-order valence-corrected chi connectivity index (χ0v) is 11.3. The second-order valence-electron chi connectivity index (χ2n) is 5.49. The average molecular weight is 240 g/mol. The predicted octanol–water partition coefficient (Wildman–Crippen LogP) is 1.36. The fraction of sp³-hybridized carbons (Fsp3) is 0.923. The van der Waals surface area contributed by atoms with E-state index >= 15 is 0 Å². The fourth-order valence-electron chi connectivity index (χ4n) is 2.94. The maximum atomic E-state index is 12.4. The Kier molecular flexibility index (Phi) is 3.73. The van der Waals surface area contributed by atoms with E-state index in [0.29, 0.717) is 5.92 Å². The third-order valence-corrected chi connectivity index (χ3v) is 3.96. The van der Waals surface area contributed by atoms with Gasteiger partial charge in [0.2, 0.25) is 5.91 Å². The summed E-state index contributed by atoms with van der Waals surface area (Å²) in [4.78, 5) is 14.4. The highest BCUT2D eigenvalue weighted by atomic mass is 16.5. The molecule has 0 aliphatic carbocycles. The maximum Gasteiger partial charge on any atom is 0.241 e. The summed E-state index contributed by atoms with van der Waals surface area (Å²) >= 11 is 0. The topological polar surface area (TPSA) is 41.6 Å². The first-order valence-electron chi connectivity index (χ1n) is 6.76. The Morgan fingerprint density at radius 1 is 1.53 bits per heavy atom. The molecule has 4 atom stereocenters. The van der Waals surface area contributed by atoms with Crippen LogP contribution in [0.5, 0.6) is 0 Å². The summed E-state index contributed by atoms with van der Waals surface area (Å²) in [5.41, 5.74) is 0. The zero-order valence-electron chi connectivity index (χ0n) is 11.3. The number of hydrogen-bond donors (Lipinski definition) is 1. The number of nitrogens with one attached hydrogen (secondary N) is 1. The minimum atomic E-state index is -0.00444. The van der Waals surface area contributed by atoms with Crippen LogP contribution in [0, 0.1) is 5.92 Å². The summed E-state index contributed by atoms with van der Waals surface area (Å²) in [7, 11) is 0. The van der Waals surface area contributed by atoms with Crippen molar-refractivity contribution < 1.29 is 9.53 Å². The molecular weight excluding hydrogens is 216 g/mol. The summed E-state index contributed by atoms with van der Waals surface area (Å²) in [6.07, 6.45) is 2.16. The van der Waals surface area contributed by atoms with Crippen molar-refractivity contribution in [3.63, 3.8) is 0 Å². The molecule has 0 spiro atoms. The van der Waals surface area contributed by atoms with E-state index in [2.05, 4.69) is 37.9 Å². The monoisotopic (exact) mass is 240 g/mol. The Morgan fingerprint density at radius 2 is 2.24 bits per heavy atom. The summed E-state index contributed by atoms with van der Waals surface area (Å²) in [5.74, 6) is 0.692. The fourth-order valence-corrected chi connectivity index (χ4v) is 2.94. The quantitative estimate of drug-likeness (QED) is 0.810. The van der Waals surface area contributed by atoms with E-state index in [9.17, 15) is 4.79 Å². The molecule has 0 aromatic rings. The molecule has 4 heteroatoms. The van der Waals surface area contributed by atoms with Gasteiger partial charge in [-0.25, -0.2) is 0 Å². The molecule has 1 N–H and O–H groups in total. The second kappa shape index (κ2) is 4.94. The number of rotatable bonds is 3. The van der Waals surface area contributed by atoms with Gasteiger partial charge in [0.15, 0.2) is 0 Å². The normalized spacial score (nSPS) is 38.4. The SMILES string of the molecule is CCC1NC(C(C)C)N(C2CCOC2C)C1=O. The van der Waals surface area contributed by atoms with Crippen molar-refractivity contribution in [1.29, 1.82) is 0 Å². The zero-order chi connectivity index (χ0) is 12.6. The number of carbonyl (C=O) groups is 1. The molecule has 0 aromatic carbocycles. The van der Waals surface area contributed by atoms with Gasteiger partial charge in [0.1, 0.15) is 0 Å². The van der Waals surface area contributed by atoms with Crippen molar-refractivity contribution in [1.82, 2.24) is 10.2 Å². The maximum absolute atomic E-state index is 12.4. The number of nitrogens with zero attached hydrogens (tertiary/aromatic N) is 1. The lowest BCUT2D eigenvalue weighted by molar-refractivity contribution is -0.134. The third kappa shape index (κ3) is 2.20. The van der Waals surface area contributed by atoms with Crippen molar-refractivity contribution >= 4 is 5.91 Å².